The Morgan fingerprint density at radius 2 is 1.92 bits per heavy atom. The van der Waals surface area contributed by atoms with Gasteiger partial charge in [-0.2, -0.15) is 0 Å². The fraction of sp³-hybridized carbons (Fsp3) is 0.700. The predicted octanol–water partition coefficient (Wildman–Crippen LogP) is 2.45. The van der Waals surface area contributed by atoms with Crippen LogP contribution in [0, 0.1) is 11.3 Å². The molecule has 68 valence electrons. The molecule has 2 nitrogen and oxygen atoms in total. The first-order valence-electron chi connectivity index (χ1n) is 4.27. The van der Waals surface area contributed by atoms with Gasteiger partial charge in [0.25, 0.3) is 0 Å². The van der Waals surface area contributed by atoms with Crippen molar-refractivity contribution in [2.45, 2.75) is 34.1 Å². The third-order valence-electron chi connectivity index (χ3n) is 2.57. The lowest BCUT2D eigenvalue weighted by Gasteiger charge is -2.26. The average Bonchev–Trinajstić information content (AvgIpc) is 2.15. The van der Waals surface area contributed by atoms with Crippen LogP contribution in [0.3, 0.4) is 0 Å². The van der Waals surface area contributed by atoms with Crippen molar-refractivity contribution < 1.29 is 9.90 Å². The highest BCUT2D eigenvalue weighted by molar-refractivity contribution is 5.98. The minimum absolute atomic E-state index is 0.0164. The van der Waals surface area contributed by atoms with E-state index in [1.807, 2.05) is 20.8 Å². The SMILES string of the molecule is CC1=C(O)C(C(C)(C)C)CC1=O. The van der Waals surface area contributed by atoms with Gasteiger partial charge in [0, 0.05) is 17.9 Å². The molecule has 1 atom stereocenters. The molecule has 0 amide bonds. The number of carbonyl (C=O) groups excluding carboxylic acids is 1. The maximum Gasteiger partial charge on any atom is 0.162 e. The molecule has 1 unspecified atom stereocenters. The molecule has 1 aliphatic carbocycles. The van der Waals surface area contributed by atoms with Crippen LogP contribution in [0.4, 0.5) is 0 Å². The summed E-state index contributed by atoms with van der Waals surface area (Å²) in [5, 5.41) is 9.62. The Hall–Kier alpha value is -0.790. The zero-order valence-electron chi connectivity index (χ0n) is 8.14. The van der Waals surface area contributed by atoms with Crippen LogP contribution in [0.25, 0.3) is 0 Å². The monoisotopic (exact) mass is 168 g/mol. The quantitative estimate of drug-likeness (QED) is 0.603. The number of rotatable bonds is 0. The summed E-state index contributed by atoms with van der Waals surface area (Å²) in [7, 11) is 0. The van der Waals surface area contributed by atoms with Crippen LogP contribution in [-0.2, 0) is 4.79 Å². The number of Topliss-reactive ketones (excluding diaryl/α,β-unsaturated/α-hetero) is 1. The second-order valence-electron chi connectivity index (χ2n) is 4.56. The van der Waals surface area contributed by atoms with Crippen molar-refractivity contribution in [3.63, 3.8) is 0 Å². The van der Waals surface area contributed by atoms with Gasteiger partial charge in [-0.05, 0) is 12.3 Å². The first-order valence-corrected chi connectivity index (χ1v) is 4.27. The molecule has 2 heteroatoms. The second kappa shape index (κ2) is 2.61. The van der Waals surface area contributed by atoms with E-state index in [2.05, 4.69) is 0 Å². The second-order valence-corrected chi connectivity index (χ2v) is 4.56. The lowest BCUT2D eigenvalue weighted by atomic mass is 9.79. The Morgan fingerprint density at radius 3 is 2.08 bits per heavy atom. The molecule has 1 aliphatic rings. The Labute approximate surface area is 73.3 Å². The number of aliphatic hydroxyl groups excluding tert-OH is 1. The zero-order valence-corrected chi connectivity index (χ0v) is 8.14. The number of aliphatic hydroxyl groups is 1. The van der Waals surface area contributed by atoms with Crippen molar-refractivity contribution in [2.24, 2.45) is 11.3 Å². The normalized spacial score (nSPS) is 25.3. The molecule has 1 rings (SSSR count). The fourth-order valence-corrected chi connectivity index (χ4v) is 1.56. The minimum Gasteiger partial charge on any atom is -0.512 e. The van der Waals surface area contributed by atoms with Gasteiger partial charge < -0.3 is 5.11 Å². The summed E-state index contributed by atoms with van der Waals surface area (Å²) in [5.41, 5.74) is 0.534. The molecule has 0 saturated carbocycles. The van der Waals surface area contributed by atoms with E-state index in [0.29, 0.717) is 17.8 Å². The molecule has 0 aromatic heterocycles. The van der Waals surface area contributed by atoms with E-state index >= 15 is 0 Å². The van der Waals surface area contributed by atoms with E-state index in [1.165, 1.54) is 0 Å². The van der Waals surface area contributed by atoms with Crippen LogP contribution < -0.4 is 0 Å². The van der Waals surface area contributed by atoms with Crippen molar-refractivity contribution in [3.8, 4) is 0 Å². The molecular weight excluding hydrogens is 152 g/mol. The molecule has 12 heavy (non-hydrogen) atoms. The molecule has 0 aromatic rings. The summed E-state index contributed by atoms with van der Waals surface area (Å²) in [6.45, 7) is 7.82. The third kappa shape index (κ3) is 1.38. The van der Waals surface area contributed by atoms with E-state index in [4.69, 9.17) is 0 Å². The van der Waals surface area contributed by atoms with E-state index in [9.17, 15) is 9.90 Å². The summed E-state index contributed by atoms with van der Waals surface area (Å²) in [6.07, 6.45) is 0.473. The first kappa shape index (κ1) is 9.30. The Kier molecular flexibility index (Phi) is 2.02. The topological polar surface area (TPSA) is 37.3 Å². The summed E-state index contributed by atoms with van der Waals surface area (Å²) in [4.78, 5) is 11.2. The van der Waals surface area contributed by atoms with Crippen molar-refractivity contribution in [2.75, 3.05) is 0 Å². The molecule has 0 bridgehead atoms. The largest absolute Gasteiger partial charge is 0.512 e. The summed E-state index contributed by atoms with van der Waals surface area (Å²) in [6, 6.07) is 0. The maximum absolute atomic E-state index is 11.2. The van der Waals surface area contributed by atoms with Gasteiger partial charge in [-0.15, -0.1) is 0 Å². The summed E-state index contributed by atoms with van der Waals surface area (Å²) < 4.78 is 0. The van der Waals surface area contributed by atoms with Gasteiger partial charge in [0.2, 0.25) is 0 Å². The highest BCUT2D eigenvalue weighted by Crippen LogP contribution is 2.39. The predicted molar refractivity (Wildman–Crippen MR) is 47.9 cm³/mol. The maximum atomic E-state index is 11.2. The van der Waals surface area contributed by atoms with E-state index in [0.717, 1.165) is 0 Å². The molecule has 0 aromatic carbocycles. The van der Waals surface area contributed by atoms with E-state index in [-0.39, 0.29) is 17.1 Å². The van der Waals surface area contributed by atoms with Crippen LogP contribution in [-0.4, -0.2) is 10.9 Å². The van der Waals surface area contributed by atoms with Crippen LogP contribution in [0.15, 0.2) is 11.3 Å². The van der Waals surface area contributed by atoms with Gasteiger partial charge in [-0.3, -0.25) is 4.79 Å². The number of hydrogen-bond acceptors (Lipinski definition) is 2. The van der Waals surface area contributed by atoms with Gasteiger partial charge in [0.05, 0.1) is 0 Å². The number of carbonyl (C=O) groups is 1. The lowest BCUT2D eigenvalue weighted by molar-refractivity contribution is -0.115. The molecule has 0 spiro atoms. The molecule has 0 saturated heterocycles. The molecule has 1 N–H and O–H groups in total. The van der Waals surface area contributed by atoms with Crippen molar-refractivity contribution in [1.82, 2.24) is 0 Å². The molecule has 0 fully saturated rings. The zero-order chi connectivity index (χ0) is 9.52. The number of ketones is 1. The number of hydrogen-bond donors (Lipinski definition) is 1. The Morgan fingerprint density at radius 1 is 1.42 bits per heavy atom. The summed E-state index contributed by atoms with van der Waals surface area (Å²) >= 11 is 0. The van der Waals surface area contributed by atoms with Crippen molar-refractivity contribution in [3.05, 3.63) is 11.3 Å². The van der Waals surface area contributed by atoms with Gasteiger partial charge in [-0.25, -0.2) is 0 Å². The average molecular weight is 168 g/mol. The van der Waals surface area contributed by atoms with Crippen LogP contribution in [0.2, 0.25) is 0 Å². The highest BCUT2D eigenvalue weighted by Gasteiger charge is 2.37. The van der Waals surface area contributed by atoms with Gasteiger partial charge in [0.1, 0.15) is 5.76 Å². The third-order valence-corrected chi connectivity index (χ3v) is 2.57. The molecular formula is C10H16O2. The molecule has 0 radical (unpaired) electrons. The molecule has 0 aliphatic heterocycles. The minimum atomic E-state index is -0.0164. The molecule has 0 heterocycles. The fourth-order valence-electron chi connectivity index (χ4n) is 1.56. The van der Waals surface area contributed by atoms with Crippen molar-refractivity contribution >= 4 is 5.78 Å². The first-order chi connectivity index (χ1) is 5.34. The smallest absolute Gasteiger partial charge is 0.162 e. The highest BCUT2D eigenvalue weighted by atomic mass is 16.3. The van der Waals surface area contributed by atoms with Crippen molar-refractivity contribution in [1.29, 1.82) is 0 Å². The van der Waals surface area contributed by atoms with Gasteiger partial charge in [0.15, 0.2) is 5.78 Å². The Bertz CT molecular complexity index is 243. The van der Waals surface area contributed by atoms with Gasteiger partial charge >= 0.3 is 0 Å². The summed E-state index contributed by atoms with van der Waals surface area (Å²) in [5.74, 6) is 0.407. The standard InChI is InChI=1S/C10H16O2/c1-6-8(11)5-7(9(6)12)10(2,3)4/h7,12H,5H2,1-4H3. The lowest BCUT2D eigenvalue weighted by Crippen LogP contribution is -2.20. The van der Waals surface area contributed by atoms with Crippen LogP contribution >= 0.6 is 0 Å². The van der Waals surface area contributed by atoms with Crippen LogP contribution in [0.1, 0.15) is 34.1 Å². The van der Waals surface area contributed by atoms with E-state index < -0.39 is 0 Å². The van der Waals surface area contributed by atoms with E-state index in [1.54, 1.807) is 6.92 Å². The van der Waals surface area contributed by atoms with Crippen LogP contribution in [0.5, 0.6) is 0 Å². The number of allylic oxidation sites excluding steroid dienone is 2. The van der Waals surface area contributed by atoms with Gasteiger partial charge in [-0.1, -0.05) is 20.8 Å². The Balaban J connectivity index is 2.95.